The molecule has 0 aliphatic carbocycles. The van der Waals surface area contributed by atoms with Gasteiger partial charge in [-0.1, -0.05) is 30.3 Å². The van der Waals surface area contributed by atoms with Crippen molar-refractivity contribution in [1.29, 1.82) is 5.26 Å². The minimum atomic E-state index is -1.25. The first-order valence-electron chi connectivity index (χ1n) is 13.5. The van der Waals surface area contributed by atoms with E-state index in [-0.39, 0.29) is 30.7 Å². The molecule has 3 aromatic carbocycles. The average Bonchev–Trinajstić information content (AvgIpc) is 3.48. The summed E-state index contributed by atoms with van der Waals surface area (Å²) in [5.74, 6) is -2.16. The van der Waals surface area contributed by atoms with Gasteiger partial charge >= 0.3 is 5.63 Å². The van der Waals surface area contributed by atoms with Gasteiger partial charge in [0.25, 0.3) is 0 Å². The van der Waals surface area contributed by atoms with Crippen molar-refractivity contribution >= 4 is 39.2 Å². The monoisotopic (exact) mass is 550 g/mol. The van der Waals surface area contributed by atoms with Crippen LogP contribution >= 0.6 is 0 Å². The quantitative estimate of drug-likeness (QED) is 0.292. The van der Waals surface area contributed by atoms with E-state index in [1.54, 1.807) is 43.3 Å². The van der Waals surface area contributed by atoms with Crippen LogP contribution in [0.1, 0.15) is 30.9 Å². The number of amides is 2. The van der Waals surface area contributed by atoms with Gasteiger partial charge < -0.3 is 19.0 Å². The topological polar surface area (TPSA) is 130 Å². The van der Waals surface area contributed by atoms with Crippen molar-refractivity contribution < 1.29 is 28.6 Å². The van der Waals surface area contributed by atoms with E-state index in [0.717, 1.165) is 21.2 Å². The van der Waals surface area contributed by atoms with Gasteiger partial charge in [-0.25, -0.2) is 9.69 Å². The molecule has 1 aromatic heterocycles. The van der Waals surface area contributed by atoms with Crippen molar-refractivity contribution in [2.24, 2.45) is 11.8 Å². The summed E-state index contributed by atoms with van der Waals surface area (Å²) in [4.78, 5) is 40.9. The number of nitriles is 1. The Morgan fingerprint density at radius 2 is 1.83 bits per heavy atom. The maximum absolute atomic E-state index is 14.0. The van der Waals surface area contributed by atoms with Crippen LogP contribution in [-0.2, 0) is 14.3 Å². The van der Waals surface area contributed by atoms with Gasteiger partial charge in [0, 0.05) is 35.7 Å². The number of benzene rings is 3. The zero-order valence-corrected chi connectivity index (χ0v) is 22.4. The summed E-state index contributed by atoms with van der Waals surface area (Å²) in [5, 5.41) is 23.3. The lowest BCUT2D eigenvalue weighted by Gasteiger charge is -2.33. The number of ether oxygens (including phenoxy) is 2. The largest absolute Gasteiger partial charge is 0.493 e. The highest BCUT2D eigenvalue weighted by molar-refractivity contribution is 6.24. The van der Waals surface area contributed by atoms with Gasteiger partial charge in [-0.05, 0) is 43.0 Å². The molecule has 0 spiro atoms. The van der Waals surface area contributed by atoms with Crippen LogP contribution in [0.2, 0.25) is 0 Å². The Labute approximate surface area is 234 Å². The summed E-state index contributed by atoms with van der Waals surface area (Å²) < 4.78 is 17.7. The van der Waals surface area contributed by atoms with Crippen LogP contribution in [0.5, 0.6) is 5.75 Å². The lowest BCUT2D eigenvalue weighted by molar-refractivity contribution is -0.134. The predicted molar refractivity (Wildman–Crippen MR) is 148 cm³/mol. The summed E-state index contributed by atoms with van der Waals surface area (Å²) in [7, 11) is 0. The van der Waals surface area contributed by atoms with Crippen LogP contribution in [0.4, 0.5) is 5.69 Å². The molecule has 3 aliphatic rings. The van der Waals surface area contributed by atoms with Crippen molar-refractivity contribution in [3.8, 4) is 11.8 Å². The molecule has 4 aromatic rings. The highest BCUT2D eigenvalue weighted by atomic mass is 16.6. The highest BCUT2D eigenvalue weighted by Gasteiger charge is 2.77. The Morgan fingerprint density at radius 1 is 1.05 bits per heavy atom. The van der Waals surface area contributed by atoms with Crippen LogP contribution in [0.15, 0.2) is 69.9 Å². The molecule has 3 aliphatic heterocycles. The molecular formula is C32H26N2O7. The smallest absolute Gasteiger partial charge is 0.336 e. The Kier molecular flexibility index (Phi) is 5.42. The van der Waals surface area contributed by atoms with E-state index in [2.05, 4.69) is 6.07 Å². The number of aryl methyl sites for hydroxylation is 1. The third-order valence-electron chi connectivity index (χ3n) is 9.09. The van der Waals surface area contributed by atoms with Crippen LogP contribution in [0, 0.1) is 30.1 Å². The Balaban J connectivity index is 1.20. The molecular weight excluding hydrogens is 524 g/mol. The number of aliphatic hydroxyl groups excluding tert-OH is 1. The van der Waals surface area contributed by atoms with Gasteiger partial charge in [0.2, 0.25) is 11.8 Å². The van der Waals surface area contributed by atoms with Crippen LogP contribution in [-0.4, -0.2) is 40.8 Å². The number of anilines is 1. The van der Waals surface area contributed by atoms with E-state index < -0.39 is 46.6 Å². The number of hydrogen-bond donors (Lipinski definition) is 1. The van der Waals surface area contributed by atoms with Gasteiger partial charge in [-0.15, -0.1) is 0 Å². The van der Waals surface area contributed by atoms with Crippen molar-refractivity contribution in [3.05, 3.63) is 82.2 Å². The second-order valence-corrected chi connectivity index (χ2v) is 11.3. The Morgan fingerprint density at radius 3 is 2.63 bits per heavy atom. The minimum Gasteiger partial charge on any atom is -0.493 e. The molecule has 3 fully saturated rings. The lowest BCUT2D eigenvalue weighted by atomic mass is 9.66. The SMILES string of the molecule is Cc1cc(=O)oc2cc(OCCC34CC(O)C(C)(O3)C3C(=O)N(c5ccc6ccccc6c5C#N)C(=O)C34)ccc12. The summed E-state index contributed by atoms with van der Waals surface area (Å²) >= 11 is 0. The van der Waals surface area contributed by atoms with Gasteiger partial charge in [0.05, 0.1) is 41.4 Å². The fourth-order valence-corrected chi connectivity index (χ4v) is 7.16. The fourth-order valence-electron chi connectivity index (χ4n) is 7.16. The summed E-state index contributed by atoms with van der Waals surface area (Å²) in [6, 6.07) is 19.6. The number of hydrogen-bond acceptors (Lipinski definition) is 8. The van der Waals surface area contributed by atoms with Crippen molar-refractivity contribution in [3.63, 3.8) is 0 Å². The normalized spacial score (nSPS) is 28.4. The van der Waals surface area contributed by atoms with E-state index in [1.165, 1.54) is 6.07 Å². The molecule has 4 heterocycles. The first kappa shape index (κ1) is 25.4. The van der Waals surface area contributed by atoms with Gasteiger partial charge in [0.1, 0.15) is 23.0 Å². The molecule has 5 unspecified atom stereocenters. The summed E-state index contributed by atoms with van der Waals surface area (Å²) in [6.45, 7) is 3.64. The van der Waals surface area contributed by atoms with Crippen molar-refractivity contribution in [2.45, 2.75) is 44.0 Å². The van der Waals surface area contributed by atoms with Gasteiger partial charge in [0.15, 0.2) is 0 Å². The van der Waals surface area contributed by atoms with Crippen molar-refractivity contribution in [2.75, 3.05) is 11.5 Å². The zero-order chi connectivity index (χ0) is 28.7. The predicted octanol–water partition coefficient (Wildman–Crippen LogP) is 3.99. The second kappa shape index (κ2) is 8.74. The highest BCUT2D eigenvalue weighted by Crippen LogP contribution is 2.62. The number of fused-ring (bicyclic) bond motifs is 7. The Hall–Kier alpha value is -4.52. The first-order chi connectivity index (χ1) is 19.7. The van der Waals surface area contributed by atoms with E-state index in [1.807, 2.05) is 25.1 Å². The molecule has 0 radical (unpaired) electrons. The van der Waals surface area contributed by atoms with E-state index in [0.29, 0.717) is 16.7 Å². The van der Waals surface area contributed by atoms with E-state index in [9.17, 15) is 24.8 Å². The molecule has 41 heavy (non-hydrogen) atoms. The van der Waals surface area contributed by atoms with Crippen LogP contribution in [0.25, 0.3) is 21.7 Å². The first-order valence-corrected chi connectivity index (χ1v) is 13.5. The average molecular weight is 551 g/mol. The van der Waals surface area contributed by atoms with Crippen LogP contribution in [0.3, 0.4) is 0 Å². The summed E-state index contributed by atoms with van der Waals surface area (Å²) in [6.07, 6.45) is -0.535. The number of carbonyl (C=O) groups is 2. The molecule has 9 heteroatoms. The number of aliphatic hydroxyl groups is 1. The van der Waals surface area contributed by atoms with Gasteiger partial charge in [-0.2, -0.15) is 5.26 Å². The number of nitrogens with zero attached hydrogens (tertiary/aromatic N) is 2. The number of carbonyl (C=O) groups excluding carboxylic acids is 2. The molecule has 3 saturated heterocycles. The third kappa shape index (κ3) is 3.51. The maximum Gasteiger partial charge on any atom is 0.336 e. The Bertz CT molecular complexity index is 1890. The second-order valence-electron chi connectivity index (χ2n) is 11.3. The molecule has 5 atom stereocenters. The zero-order valence-electron chi connectivity index (χ0n) is 22.4. The maximum atomic E-state index is 14.0. The molecule has 9 nitrogen and oxygen atoms in total. The van der Waals surface area contributed by atoms with E-state index in [4.69, 9.17) is 13.9 Å². The van der Waals surface area contributed by atoms with Gasteiger partial charge in [-0.3, -0.25) is 9.59 Å². The molecule has 2 bridgehead atoms. The molecule has 0 saturated carbocycles. The van der Waals surface area contributed by atoms with Crippen LogP contribution < -0.4 is 15.3 Å². The number of rotatable bonds is 5. The standard InChI is InChI=1S/C32H26N2O7/c1-17-13-26(36)40-24-14-19(8-9-20(17)24)39-12-11-32-15-25(35)31(2,41-32)27-28(32)30(38)34(29(27)37)23-10-7-18-5-3-4-6-21(18)22(23)16-33/h3-10,13-14,25,27-28,35H,11-12,15H2,1-2H3. The summed E-state index contributed by atoms with van der Waals surface area (Å²) in [5.41, 5.74) is -1.12. The minimum absolute atomic E-state index is 0.133. The molecule has 1 N–H and O–H groups in total. The van der Waals surface area contributed by atoms with Crippen molar-refractivity contribution in [1.82, 2.24) is 0 Å². The molecule has 7 rings (SSSR count). The fraction of sp³-hybridized carbons (Fsp3) is 0.312. The third-order valence-corrected chi connectivity index (χ3v) is 9.09. The van der Waals surface area contributed by atoms with E-state index >= 15 is 0 Å². The molecule has 206 valence electrons. The lowest BCUT2D eigenvalue weighted by Crippen LogP contribution is -2.49. The number of imide groups is 1. The molecule has 2 amide bonds.